The molecule has 1 amide bonds. The van der Waals surface area contributed by atoms with Crippen molar-refractivity contribution in [3.05, 3.63) is 41.7 Å². The van der Waals surface area contributed by atoms with Gasteiger partial charge in [0, 0.05) is 31.2 Å². The summed E-state index contributed by atoms with van der Waals surface area (Å²) in [5.41, 5.74) is 3.43. The molecule has 0 saturated carbocycles. The first-order valence-corrected chi connectivity index (χ1v) is 11.6. The van der Waals surface area contributed by atoms with E-state index in [1.54, 1.807) is 18.1 Å². The molecular weight excluding hydrogens is 382 g/mol. The zero-order valence-corrected chi connectivity index (χ0v) is 17.7. The number of aryl methyl sites for hydroxylation is 2. The summed E-state index contributed by atoms with van der Waals surface area (Å²) < 4.78 is 25.4. The van der Waals surface area contributed by atoms with E-state index in [0.717, 1.165) is 10.8 Å². The van der Waals surface area contributed by atoms with E-state index in [9.17, 15) is 13.2 Å². The highest BCUT2D eigenvalue weighted by Gasteiger charge is 2.34. The summed E-state index contributed by atoms with van der Waals surface area (Å²) in [4.78, 5) is 18.8. The van der Waals surface area contributed by atoms with Crippen LogP contribution in [0.1, 0.15) is 24.5 Å². The molecule has 6 nitrogen and oxygen atoms in total. The summed E-state index contributed by atoms with van der Waals surface area (Å²) in [7, 11) is -1.32. The molecule has 0 N–H and O–H groups in total. The maximum absolute atomic E-state index is 12.8. The highest BCUT2D eigenvalue weighted by atomic mass is 32.2. The van der Waals surface area contributed by atoms with E-state index in [2.05, 4.69) is 31.0 Å². The molecule has 0 bridgehead atoms. The van der Waals surface area contributed by atoms with Crippen molar-refractivity contribution >= 4 is 27.5 Å². The minimum absolute atomic E-state index is 0.0594. The Bertz CT molecular complexity index is 953. The van der Waals surface area contributed by atoms with Crippen LogP contribution in [0.25, 0.3) is 5.69 Å². The van der Waals surface area contributed by atoms with Crippen LogP contribution >= 0.6 is 11.8 Å². The molecule has 0 aliphatic carbocycles. The second kappa shape index (κ2) is 7.67. The normalized spacial score (nSPS) is 19.8. The molecule has 0 radical (unpaired) electrons. The van der Waals surface area contributed by atoms with Gasteiger partial charge in [-0.2, -0.15) is 0 Å². The molecule has 3 rings (SSSR count). The second-order valence-electron chi connectivity index (χ2n) is 7.11. The second-order valence-corrected chi connectivity index (χ2v) is 10.7. The first-order chi connectivity index (χ1) is 12.7. The Morgan fingerprint density at radius 3 is 2.70 bits per heavy atom. The molecule has 1 aliphatic rings. The third-order valence-electron chi connectivity index (χ3n) is 5.11. The maximum Gasteiger partial charge on any atom is 0.235 e. The molecule has 2 heterocycles. The number of carbonyl (C=O) groups excluding carboxylic acids is 1. The molecule has 0 unspecified atom stereocenters. The lowest BCUT2D eigenvalue weighted by molar-refractivity contribution is -0.130. The van der Waals surface area contributed by atoms with Gasteiger partial charge < -0.3 is 4.90 Å². The number of benzene rings is 1. The van der Waals surface area contributed by atoms with Crippen LogP contribution in [0.5, 0.6) is 0 Å². The zero-order chi connectivity index (χ0) is 19.8. The Hall–Kier alpha value is -1.80. The number of aromatic nitrogens is 2. The van der Waals surface area contributed by atoms with Crippen molar-refractivity contribution in [3.8, 4) is 5.69 Å². The quantitative estimate of drug-likeness (QED) is 0.713. The molecule has 1 aliphatic heterocycles. The van der Waals surface area contributed by atoms with Gasteiger partial charge in [-0.3, -0.25) is 9.36 Å². The van der Waals surface area contributed by atoms with Crippen molar-refractivity contribution in [2.75, 3.05) is 18.6 Å². The Morgan fingerprint density at radius 2 is 2.07 bits per heavy atom. The van der Waals surface area contributed by atoms with Crippen LogP contribution in [0.2, 0.25) is 0 Å². The van der Waals surface area contributed by atoms with Gasteiger partial charge in [0.25, 0.3) is 0 Å². The number of nitrogens with zero attached hydrogens (tertiary/aromatic N) is 3. The number of rotatable bonds is 5. The van der Waals surface area contributed by atoms with Crippen molar-refractivity contribution in [1.82, 2.24) is 14.5 Å². The van der Waals surface area contributed by atoms with E-state index >= 15 is 0 Å². The molecule has 1 saturated heterocycles. The molecule has 1 aromatic heterocycles. The smallest absolute Gasteiger partial charge is 0.235 e. The van der Waals surface area contributed by atoms with Crippen LogP contribution in [0, 0.1) is 13.8 Å². The molecule has 2 aromatic rings. The number of amides is 1. The number of hydrogen-bond donors (Lipinski definition) is 0. The fraction of sp³-hybridized carbons (Fsp3) is 0.474. The van der Waals surface area contributed by atoms with E-state index in [0.29, 0.717) is 6.42 Å². The van der Waals surface area contributed by atoms with Gasteiger partial charge in [-0.05, 0) is 50.5 Å². The monoisotopic (exact) mass is 407 g/mol. The van der Waals surface area contributed by atoms with Gasteiger partial charge in [0.05, 0.1) is 16.8 Å². The van der Waals surface area contributed by atoms with Crippen LogP contribution in [0.4, 0.5) is 0 Å². The summed E-state index contributed by atoms with van der Waals surface area (Å²) in [6.45, 7) is 5.98. The van der Waals surface area contributed by atoms with Gasteiger partial charge in [-0.25, -0.2) is 13.4 Å². The topological polar surface area (TPSA) is 72.3 Å². The minimum Gasteiger partial charge on any atom is -0.341 e. The van der Waals surface area contributed by atoms with E-state index < -0.39 is 9.84 Å². The third kappa shape index (κ3) is 4.38. The number of carbonyl (C=O) groups is 1. The SMILES string of the molecule is Cc1ccc(-n2ccnc2S[C@H](C)C(=O)N(C)[C@@H]2CCS(=O)(=O)C2)cc1C. The van der Waals surface area contributed by atoms with Gasteiger partial charge in [0.2, 0.25) is 5.91 Å². The first kappa shape index (κ1) is 19.9. The van der Waals surface area contributed by atoms with Gasteiger partial charge in [-0.1, -0.05) is 17.8 Å². The van der Waals surface area contributed by atoms with Gasteiger partial charge >= 0.3 is 0 Å². The average Bonchev–Trinajstić information content (AvgIpc) is 3.22. The fourth-order valence-corrected chi connectivity index (χ4v) is 5.96. The fourth-order valence-electron chi connectivity index (χ4n) is 3.20. The lowest BCUT2D eigenvalue weighted by Gasteiger charge is -2.26. The summed E-state index contributed by atoms with van der Waals surface area (Å²) in [5, 5.41) is 0.387. The molecule has 27 heavy (non-hydrogen) atoms. The molecule has 8 heteroatoms. The van der Waals surface area contributed by atoms with E-state index in [-0.39, 0.29) is 28.7 Å². The first-order valence-electron chi connectivity index (χ1n) is 8.92. The van der Waals surface area contributed by atoms with Gasteiger partial charge in [0.15, 0.2) is 15.0 Å². The molecule has 0 spiro atoms. The Balaban J connectivity index is 1.73. The van der Waals surface area contributed by atoms with Crippen molar-refractivity contribution in [3.63, 3.8) is 0 Å². The lowest BCUT2D eigenvalue weighted by atomic mass is 10.1. The average molecular weight is 408 g/mol. The van der Waals surface area contributed by atoms with Crippen molar-refractivity contribution in [2.24, 2.45) is 0 Å². The molecule has 1 fully saturated rings. The Labute approximate surface area is 164 Å². The van der Waals surface area contributed by atoms with Crippen LogP contribution in [0.3, 0.4) is 0 Å². The highest BCUT2D eigenvalue weighted by Crippen LogP contribution is 2.27. The lowest BCUT2D eigenvalue weighted by Crippen LogP contribution is -2.41. The molecule has 146 valence electrons. The van der Waals surface area contributed by atoms with E-state index in [4.69, 9.17) is 0 Å². The number of hydrogen-bond acceptors (Lipinski definition) is 5. The molecule has 1 aromatic carbocycles. The number of sulfone groups is 1. The Kier molecular flexibility index (Phi) is 5.67. The van der Waals surface area contributed by atoms with Crippen molar-refractivity contribution < 1.29 is 13.2 Å². The van der Waals surface area contributed by atoms with E-state index in [1.807, 2.05) is 23.8 Å². The van der Waals surface area contributed by atoms with Crippen LogP contribution in [-0.4, -0.2) is 58.6 Å². The summed E-state index contributed by atoms with van der Waals surface area (Å²) >= 11 is 1.39. The number of imidazole rings is 1. The summed E-state index contributed by atoms with van der Waals surface area (Å²) in [6.07, 6.45) is 4.12. The van der Waals surface area contributed by atoms with Crippen LogP contribution in [-0.2, 0) is 14.6 Å². The standard InChI is InChI=1S/C19H25N3O3S2/c1-13-5-6-16(11-14(13)2)22-9-8-20-19(22)26-15(3)18(23)21(4)17-7-10-27(24,25)12-17/h5-6,8-9,11,15,17H,7,10,12H2,1-4H3/t15-,17-/m1/s1. The highest BCUT2D eigenvalue weighted by molar-refractivity contribution is 8.00. The third-order valence-corrected chi connectivity index (χ3v) is 7.93. The minimum atomic E-state index is -3.02. The van der Waals surface area contributed by atoms with Crippen LogP contribution < -0.4 is 0 Å². The molecule has 2 atom stereocenters. The van der Waals surface area contributed by atoms with Crippen LogP contribution in [0.15, 0.2) is 35.7 Å². The van der Waals surface area contributed by atoms with Gasteiger partial charge in [0.1, 0.15) is 0 Å². The summed E-state index contributed by atoms with van der Waals surface area (Å²) in [5.74, 6) is 0.148. The largest absolute Gasteiger partial charge is 0.341 e. The Morgan fingerprint density at radius 1 is 1.33 bits per heavy atom. The zero-order valence-electron chi connectivity index (χ0n) is 16.0. The number of thioether (sulfide) groups is 1. The maximum atomic E-state index is 12.8. The van der Waals surface area contributed by atoms with Gasteiger partial charge in [-0.15, -0.1) is 0 Å². The van der Waals surface area contributed by atoms with Crippen molar-refractivity contribution in [2.45, 2.75) is 43.6 Å². The molecular formula is C19H25N3O3S2. The predicted octanol–water partition coefficient (Wildman–Crippen LogP) is 2.62. The van der Waals surface area contributed by atoms with Crippen molar-refractivity contribution in [1.29, 1.82) is 0 Å². The van der Waals surface area contributed by atoms with E-state index in [1.165, 1.54) is 22.9 Å². The summed E-state index contributed by atoms with van der Waals surface area (Å²) in [6, 6.07) is 5.98. The predicted molar refractivity (Wildman–Crippen MR) is 108 cm³/mol.